The van der Waals surface area contributed by atoms with Gasteiger partial charge in [-0.15, -0.1) is 0 Å². The molecular formula is C16H20O4. The number of carboxylic acid groups (broad SMARTS) is 1. The molecule has 0 heterocycles. The Morgan fingerprint density at radius 1 is 1.30 bits per heavy atom. The second-order valence-corrected chi connectivity index (χ2v) is 4.79. The van der Waals surface area contributed by atoms with Crippen LogP contribution in [0, 0.1) is 5.92 Å². The fraction of sp³-hybridized carbons (Fsp3) is 0.375. The van der Waals surface area contributed by atoms with Gasteiger partial charge in [0.05, 0.1) is 0 Å². The summed E-state index contributed by atoms with van der Waals surface area (Å²) < 4.78 is 5.35. The molecule has 0 aliphatic carbocycles. The van der Waals surface area contributed by atoms with E-state index in [1.807, 2.05) is 37.3 Å². The fourth-order valence-corrected chi connectivity index (χ4v) is 2.04. The molecule has 0 spiro atoms. The van der Waals surface area contributed by atoms with Crippen LogP contribution in [0.5, 0.6) is 0 Å². The molecule has 4 nitrogen and oxygen atoms in total. The first kappa shape index (κ1) is 16.0. The predicted octanol–water partition coefficient (Wildman–Crippen LogP) is 3.35. The highest BCUT2D eigenvalue weighted by atomic mass is 16.5. The minimum atomic E-state index is -1.36. The Hall–Kier alpha value is -2.10. The minimum absolute atomic E-state index is 0.105. The minimum Gasteiger partial charge on any atom is -0.477 e. The molecule has 0 aromatic heterocycles. The number of carboxylic acids is 1. The average molecular weight is 276 g/mol. The molecule has 0 bridgehead atoms. The van der Waals surface area contributed by atoms with Crippen LogP contribution in [0.4, 0.5) is 0 Å². The van der Waals surface area contributed by atoms with Gasteiger partial charge >= 0.3 is 11.9 Å². The van der Waals surface area contributed by atoms with Crippen molar-refractivity contribution in [2.24, 2.45) is 5.92 Å². The number of ether oxygens (including phenoxy) is 1. The van der Waals surface area contributed by atoms with Crippen LogP contribution in [0.3, 0.4) is 0 Å². The molecule has 2 unspecified atom stereocenters. The van der Waals surface area contributed by atoms with Crippen molar-refractivity contribution in [2.75, 3.05) is 0 Å². The van der Waals surface area contributed by atoms with Gasteiger partial charge in [0.15, 0.2) is 0 Å². The maximum Gasteiger partial charge on any atom is 0.345 e. The molecule has 4 heteroatoms. The van der Waals surface area contributed by atoms with Crippen molar-refractivity contribution >= 4 is 11.9 Å². The van der Waals surface area contributed by atoms with Crippen LogP contribution in [0.25, 0.3) is 0 Å². The van der Waals surface area contributed by atoms with Gasteiger partial charge in [-0.3, -0.25) is 0 Å². The van der Waals surface area contributed by atoms with Crippen molar-refractivity contribution in [3.05, 3.63) is 48.0 Å². The zero-order chi connectivity index (χ0) is 15.1. The smallest absolute Gasteiger partial charge is 0.345 e. The molecule has 1 aromatic rings. The van der Waals surface area contributed by atoms with Crippen LogP contribution in [-0.4, -0.2) is 17.0 Å². The van der Waals surface area contributed by atoms with Crippen molar-refractivity contribution < 1.29 is 19.4 Å². The lowest BCUT2D eigenvalue weighted by atomic mass is 9.93. The molecule has 0 amide bonds. The highest BCUT2D eigenvalue weighted by Gasteiger charge is 2.26. The third-order valence-electron chi connectivity index (χ3n) is 3.13. The zero-order valence-corrected chi connectivity index (χ0v) is 11.8. The number of carbonyl (C=O) groups excluding carboxylic acids is 1. The van der Waals surface area contributed by atoms with Crippen molar-refractivity contribution in [3.8, 4) is 0 Å². The first-order valence-electron chi connectivity index (χ1n) is 6.65. The number of benzene rings is 1. The summed E-state index contributed by atoms with van der Waals surface area (Å²) in [4.78, 5) is 22.5. The summed E-state index contributed by atoms with van der Waals surface area (Å²) in [5.74, 6) is -2.13. The van der Waals surface area contributed by atoms with Crippen molar-refractivity contribution in [2.45, 2.75) is 32.8 Å². The summed E-state index contributed by atoms with van der Waals surface area (Å²) in [6.45, 7) is 7.27. The topological polar surface area (TPSA) is 63.6 Å². The largest absolute Gasteiger partial charge is 0.477 e. The SMILES string of the molecule is C=C(C(=O)O)C(=O)OC(c1ccccc1)C(C)CCC. The van der Waals surface area contributed by atoms with Crippen LogP contribution < -0.4 is 0 Å². The van der Waals surface area contributed by atoms with Gasteiger partial charge in [0.2, 0.25) is 0 Å². The molecule has 1 aromatic carbocycles. The quantitative estimate of drug-likeness (QED) is 0.359. The number of hydrogen-bond acceptors (Lipinski definition) is 3. The van der Waals surface area contributed by atoms with E-state index in [4.69, 9.17) is 9.84 Å². The molecule has 108 valence electrons. The Bertz CT molecular complexity index is 479. The van der Waals surface area contributed by atoms with Gasteiger partial charge in [-0.05, 0) is 17.9 Å². The van der Waals surface area contributed by atoms with Crippen LogP contribution in [0.2, 0.25) is 0 Å². The summed E-state index contributed by atoms with van der Waals surface area (Å²) in [7, 11) is 0. The summed E-state index contributed by atoms with van der Waals surface area (Å²) in [5.41, 5.74) is 0.314. The van der Waals surface area contributed by atoms with E-state index in [0.29, 0.717) is 0 Å². The van der Waals surface area contributed by atoms with Gasteiger partial charge < -0.3 is 9.84 Å². The van der Waals surface area contributed by atoms with E-state index in [0.717, 1.165) is 18.4 Å². The molecule has 2 atom stereocenters. The van der Waals surface area contributed by atoms with Gasteiger partial charge in [-0.2, -0.15) is 0 Å². The van der Waals surface area contributed by atoms with E-state index < -0.39 is 23.6 Å². The summed E-state index contributed by atoms with van der Waals surface area (Å²) in [6.07, 6.45) is 1.38. The highest BCUT2D eigenvalue weighted by Crippen LogP contribution is 2.29. The van der Waals surface area contributed by atoms with Crippen LogP contribution in [0.1, 0.15) is 38.4 Å². The molecule has 1 N–H and O–H groups in total. The van der Waals surface area contributed by atoms with Gasteiger partial charge in [0.1, 0.15) is 11.7 Å². The van der Waals surface area contributed by atoms with E-state index in [2.05, 4.69) is 13.5 Å². The van der Waals surface area contributed by atoms with Gasteiger partial charge in [0.25, 0.3) is 0 Å². The molecule has 0 saturated heterocycles. The zero-order valence-electron chi connectivity index (χ0n) is 11.8. The Labute approximate surface area is 119 Å². The molecule has 0 saturated carbocycles. The Morgan fingerprint density at radius 2 is 1.90 bits per heavy atom. The molecule has 0 radical (unpaired) electrons. The van der Waals surface area contributed by atoms with Gasteiger partial charge in [-0.1, -0.05) is 57.2 Å². The molecule has 20 heavy (non-hydrogen) atoms. The van der Waals surface area contributed by atoms with Crippen LogP contribution >= 0.6 is 0 Å². The lowest BCUT2D eigenvalue weighted by Crippen LogP contribution is -2.21. The fourth-order valence-electron chi connectivity index (χ4n) is 2.04. The van der Waals surface area contributed by atoms with E-state index >= 15 is 0 Å². The molecule has 0 aliphatic rings. The van der Waals surface area contributed by atoms with E-state index in [1.54, 1.807) is 0 Å². The number of hydrogen-bond donors (Lipinski definition) is 1. The standard InChI is InChI=1S/C16H20O4/c1-4-8-11(2)14(13-9-6-5-7-10-13)20-16(19)12(3)15(17)18/h5-7,9-11,14H,3-4,8H2,1-2H3,(H,17,18). The van der Waals surface area contributed by atoms with E-state index in [-0.39, 0.29) is 5.92 Å². The first-order chi connectivity index (χ1) is 9.47. The number of carbonyl (C=O) groups is 2. The lowest BCUT2D eigenvalue weighted by molar-refractivity contribution is -0.150. The van der Waals surface area contributed by atoms with Gasteiger partial charge in [0, 0.05) is 0 Å². The highest BCUT2D eigenvalue weighted by molar-refractivity contribution is 6.12. The number of aliphatic carboxylic acids is 1. The Morgan fingerprint density at radius 3 is 2.40 bits per heavy atom. The van der Waals surface area contributed by atoms with E-state index in [9.17, 15) is 9.59 Å². The normalized spacial score (nSPS) is 13.3. The van der Waals surface area contributed by atoms with Crippen LogP contribution in [-0.2, 0) is 14.3 Å². The van der Waals surface area contributed by atoms with Crippen molar-refractivity contribution in [1.29, 1.82) is 0 Å². The molecule has 0 aliphatic heterocycles. The first-order valence-corrected chi connectivity index (χ1v) is 6.65. The third kappa shape index (κ3) is 4.23. The number of rotatable bonds is 7. The second kappa shape index (κ2) is 7.48. The monoisotopic (exact) mass is 276 g/mol. The predicted molar refractivity (Wildman–Crippen MR) is 76.1 cm³/mol. The van der Waals surface area contributed by atoms with Crippen molar-refractivity contribution in [1.82, 2.24) is 0 Å². The second-order valence-electron chi connectivity index (χ2n) is 4.79. The van der Waals surface area contributed by atoms with Gasteiger partial charge in [-0.25, -0.2) is 9.59 Å². The maximum atomic E-state index is 11.8. The summed E-state index contributed by atoms with van der Waals surface area (Å²) in [6, 6.07) is 9.34. The molecule has 0 fully saturated rings. The molecular weight excluding hydrogens is 256 g/mol. The van der Waals surface area contributed by atoms with Crippen molar-refractivity contribution in [3.63, 3.8) is 0 Å². The maximum absolute atomic E-state index is 11.8. The molecule has 1 rings (SSSR count). The Balaban J connectivity index is 2.92. The van der Waals surface area contributed by atoms with Crippen LogP contribution in [0.15, 0.2) is 42.5 Å². The Kier molecular flexibility index (Phi) is 5.97. The summed E-state index contributed by atoms with van der Waals surface area (Å²) in [5, 5.41) is 8.78. The average Bonchev–Trinajstić information content (AvgIpc) is 2.44. The van der Waals surface area contributed by atoms with E-state index in [1.165, 1.54) is 0 Å². The summed E-state index contributed by atoms with van der Waals surface area (Å²) >= 11 is 0. The number of esters is 1. The lowest BCUT2D eigenvalue weighted by Gasteiger charge is -2.24. The third-order valence-corrected chi connectivity index (χ3v) is 3.13.